The number of hydrogen-bond donors (Lipinski definition) is 0. The van der Waals surface area contributed by atoms with Gasteiger partial charge in [-0.3, -0.25) is 4.79 Å². The Balaban J connectivity index is 1.89. The summed E-state index contributed by atoms with van der Waals surface area (Å²) >= 11 is 0. The third-order valence-electron chi connectivity index (χ3n) is 4.65. The summed E-state index contributed by atoms with van der Waals surface area (Å²) in [4.78, 5) is 17.0. The van der Waals surface area contributed by atoms with Gasteiger partial charge in [0.15, 0.2) is 0 Å². The predicted octanol–water partition coefficient (Wildman–Crippen LogP) is 3.22. The number of nitrogens with zero attached hydrogens (tertiary/aromatic N) is 3. The normalized spacial score (nSPS) is 14.0. The molecule has 0 radical (unpaired) electrons. The van der Waals surface area contributed by atoms with Crippen LogP contribution in [0.5, 0.6) is 0 Å². The van der Waals surface area contributed by atoms with Gasteiger partial charge in [0.05, 0.1) is 11.4 Å². The molecule has 0 fully saturated rings. The lowest BCUT2D eigenvalue weighted by atomic mass is 10.1. The van der Waals surface area contributed by atoms with Gasteiger partial charge < -0.3 is 14.4 Å². The second-order valence-electron chi connectivity index (χ2n) is 6.54. The molecule has 4 nitrogen and oxygen atoms in total. The van der Waals surface area contributed by atoms with Gasteiger partial charge in [-0.25, -0.2) is 0 Å². The lowest BCUT2D eigenvalue weighted by Crippen LogP contribution is -2.37. The summed E-state index contributed by atoms with van der Waals surface area (Å²) in [6.45, 7) is 1.92. The molecule has 4 heteroatoms. The smallest absolute Gasteiger partial charge is 0.247 e. The third-order valence-corrected chi connectivity index (χ3v) is 4.65. The van der Waals surface area contributed by atoms with Crippen molar-refractivity contribution in [1.82, 2.24) is 9.47 Å². The molecule has 3 aromatic rings. The monoisotopic (exact) mass is 319 g/mol. The van der Waals surface area contributed by atoms with E-state index in [4.69, 9.17) is 0 Å². The van der Waals surface area contributed by atoms with Crippen molar-refractivity contribution in [2.75, 3.05) is 32.1 Å². The van der Waals surface area contributed by atoms with E-state index in [9.17, 15) is 4.79 Å². The van der Waals surface area contributed by atoms with E-state index in [1.807, 2.05) is 43.3 Å². The van der Waals surface area contributed by atoms with Crippen molar-refractivity contribution < 1.29 is 4.79 Å². The number of carbonyl (C=O) groups is 1. The fraction of sp³-hybridized carbons (Fsp3) is 0.250. The molecule has 0 unspecified atom stereocenters. The number of anilines is 1. The number of hydrogen-bond acceptors (Lipinski definition) is 2. The molecule has 0 atom stereocenters. The molecule has 1 aromatic heterocycles. The van der Waals surface area contributed by atoms with Crippen molar-refractivity contribution in [2.24, 2.45) is 0 Å². The van der Waals surface area contributed by atoms with Crippen LogP contribution in [0, 0.1) is 0 Å². The van der Waals surface area contributed by atoms with Crippen LogP contribution >= 0.6 is 0 Å². The Hall–Kier alpha value is -2.59. The zero-order chi connectivity index (χ0) is 16.7. The molecule has 122 valence electrons. The summed E-state index contributed by atoms with van der Waals surface area (Å²) in [5, 5.41) is 1.18. The van der Waals surface area contributed by atoms with Crippen molar-refractivity contribution in [2.45, 2.75) is 6.54 Å². The van der Waals surface area contributed by atoms with Crippen molar-refractivity contribution in [3.8, 4) is 11.3 Å². The zero-order valence-corrected chi connectivity index (χ0v) is 14.1. The topological polar surface area (TPSA) is 28.5 Å². The summed E-state index contributed by atoms with van der Waals surface area (Å²) in [6.07, 6.45) is 0. The maximum atomic E-state index is 13.0. The number of carbonyl (C=O) groups excluding carboxylic acids is 1. The van der Waals surface area contributed by atoms with Crippen LogP contribution in [0.3, 0.4) is 0 Å². The first kappa shape index (κ1) is 15.0. The molecule has 4 rings (SSSR count). The lowest BCUT2D eigenvalue weighted by molar-refractivity contribution is -0.119. The van der Waals surface area contributed by atoms with E-state index in [1.54, 1.807) is 0 Å². The maximum Gasteiger partial charge on any atom is 0.247 e. The van der Waals surface area contributed by atoms with Crippen LogP contribution in [0.15, 0.2) is 54.6 Å². The second kappa shape index (κ2) is 5.80. The molecule has 0 aliphatic carbocycles. The SMILES string of the molecule is CN(C)CCN1C(=O)Cn2c(cc3ccccc32)-c2ccccc21. The molecule has 0 spiro atoms. The van der Waals surface area contributed by atoms with Crippen LogP contribution < -0.4 is 4.90 Å². The van der Waals surface area contributed by atoms with Gasteiger partial charge in [0.2, 0.25) is 5.91 Å². The Kier molecular flexibility index (Phi) is 3.62. The van der Waals surface area contributed by atoms with E-state index in [0.717, 1.165) is 29.0 Å². The summed E-state index contributed by atoms with van der Waals surface area (Å²) in [5.74, 6) is 0.143. The average molecular weight is 319 g/mol. The van der Waals surface area contributed by atoms with E-state index in [0.29, 0.717) is 13.1 Å². The first-order chi connectivity index (χ1) is 11.6. The van der Waals surface area contributed by atoms with Crippen LogP contribution in [0.4, 0.5) is 5.69 Å². The van der Waals surface area contributed by atoms with E-state index in [-0.39, 0.29) is 5.91 Å². The fourth-order valence-electron chi connectivity index (χ4n) is 3.43. The van der Waals surface area contributed by atoms with Crippen molar-refractivity contribution in [3.05, 3.63) is 54.6 Å². The number of aromatic nitrogens is 1. The molecule has 2 aromatic carbocycles. The molecule has 1 amide bonds. The molecule has 2 heterocycles. The minimum absolute atomic E-state index is 0.143. The van der Waals surface area contributed by atoms with Crippen molar-refractivity contribution in [3.63, 3.8) is 0 Å². The molecule has 24 heavy (non-hydrogen) atoms. The molecule has 0 saturated heterocycles. The van der Waals surface area contributed by atoms with Crippen molar-refractivity contribution >= 4 is 22.5 Å². The van der Waals surface area contributed by atoms with Gasteiger partial charge in [-0.1, -0.05) is 36.4 Å². The quantitative estimate of drug-likeness (QED) is 0.741. The highest BCUT2D eigenvalue weighted by Crippen LogP contribution is 2.37. The highest BCUT2D eigenvalue weighted by atomic mass is 16.2. The summed E-state index contributed by atoms with van der Waals surface area (Å²) in [7, 11) is 4.07. The van der Waals surface area contributed by atoms with Gasteiger partial charge in [-0.15, -0.1) is 0 Å². The lowest BCUT2D eigenvalue weighted by Gasteiger charge is -2.24. The van der Waals surface area contributed by atoms with E-state index in [1.165, 1.54) is 5.39 Å². The van der Waals surface area contributed by atoms with Gasteiger partial charge in [0.1, 0.15) is 6.54 Å². The highest BCUT2D eigenvalue weighted by molar-refractivity contribution is 6.02. The van der Waals surface area contributed by atoms with Crippen LogP contribution in [0.1, 0.15) is 0 Å². The van der Waals surface area contributed by atoms with Crippen LogP contribution in [0.25, 0.3) is 22.2 Å². The summed E-state index contributed by atoms with van der Waals surface area (Å²) in [5.41, 5.74) is 4.36. The Labute approximate surface area is 141 Å². The van der Waals surface area contributed by atoms with Crippen molar-refractivity contribution in [1.29, 1.82) is 0 Å². The van der Waals surface area contributed by atoms with E-state index in [2.05, 4.69) is 39.8 Å². The molecular weight excluding hydrogens is 298 g/mol. The highest BCUT2D eigenvalue weighted by Gasteiger charge is 2.26. The number of amides is 1. The van der Waals surface area contributed by atoms with Gasteiger partial charge >= 0.3 is 0 Å². The third kappa shape index (κ3) is 2.39. The van der Waals surface area contributed by atoms with E-state index >= 15 is 0 Å². The predicted molar refractivity (Wildman–Crippen MR) is 98.3 cm³/mol. The molecular formula is C20H21N3O. The minimum Gasteiger partial charge on any atom is -0.331 e. The number of rotatable bonds is 3. The number of benzene rings is 2. The van der Waals surface area contributed by atoms with Crippen LogP contribution in [0.2, 0.25) is 0 Å². The van der Waals surface area contributed by atoms with Crippen LogP contribution in [-0.2, 0) is 11.3 Å². The second-order valence-corrected chi connectivity index (χ2v) is 6.54. The Morgan fingerprint density at radius 1 is 1.04 bits per heavy atom. The first-order valence-electron chi connectivity index (χ1n) is 8.28. The average Bonchev–Trinajstić information content (AvgIpc) is 2.88. The standard InChI is InChI=1S/C20H21N3O/c1-21(2)11-12-22-18-10-6-4-8-16(18)19-13-15-7-3-5-9-17(15)23(19)14-20(22)24/h3-10,13H,11-12,14H2,1-2H3. The number of fused-ring (bicyclic) bond motifs is 5. The fourth-order valence-corrected chi connectivity index (χ4v) is 3.43. The van der Waals surface area contributed by atoms with Gasteiger partial charge in [-0.2, -0.15) is 0 Å². The molecule has 0 N–H and O–H groups in total. The molecule has 0 bridgehead atoms. The van der Waals surface area contributed by atoms with Gasteiger partial charge in [0.25, 0.3) is 0 Å². The zero-order valence-electron chi connectivity index (χ0n) is 14.1. The Bertz CT molecular complexity index is 910. The Morgan fingerprint density at radius 3 is 2.62 bits per heavy atom. The molecule has 0 saturated carbocycles. The minimum atomic E-state index is 0.143. The maximum absolute atomic E-state index is 13.0. The summed E-state index contributed by atoms with van der Waals surface area (Å²) < 4.78 is 2.14. The first-order valence-corrected chi connectivity index (χ1v) is 8.28. The van der Waals surface area contributed by atoms with Crippen LogP contribution in [-0.4, -0.2) is 42.6 Å². The van der Waals surface area contributed by atoms with Gasteiger partial charge in [-0.05, 0) is 32.3 Å². The Morgan fingerprint density at radius 2 is 1.79 bits per heavy atom. The van der Waals surface area contributed by atoms with E-state index < -0.39 is 0 Å². The number of para-hydroxylation sites is 2. The molecule has 1 aliphatic heterocycles. The number of likely N-dealkylation sites (N-methyl/N-ethyl adjacent to an activating group) is 1. The van der Waals surface area contributed by atoms with Gasteiger partial charge in [0, 0.05) is 29.6 Å². The molecule has 1 aliphatic rings. The summed E-state index contributed by atoms with van der Waals surface area (Å²) in [6, 6.07) is 18.7. The largest absolute Gasteiger partial charge is 0.331 e.